The number of hydrogen-bond acceptors (Lipinski definition) is 4. The van der Waals surface area contributed by atoms with Crippen LogP contribution < -0.4 is 5.73 Å². The average Bonchev–Trinajstić information content (AvgIpc) is 2.74. The second kappa shape index (κ2) is 7.48. The van der Waals surface area contributed by atoms with E-state index in [1.165, 1.54) is 24.3 Å². The van der Waals surface area contributed by atoms with Crippen molar-refractivity contribution in [1.29, 1.82) is 0 Å². The summed E-state index contributed by atoms with van der Waals surface area (Å²) in [7, 11) is -3.51. The zero-order chi connectivity index (χ0) is 16.2. The molecule has 1 aromatic rings. The van der Waals surface area contributed by atoms with Crippen LogP contribution in [0.4, 0.5) is 0 Å². The minimum atomic E-state index is -3.51. The molecule has 1 saturated heterocycles. The molecule has 0 unspecified atom stereocenters. The van der Waals surface area contributed by atoms with Gasteiger partial charge in [-0.3, -0.25) is 4.79 Å². The van der Waals surface area contributed by atoms with Gasteiger partial charge in [-0.2, -0.15) is 16.1 Å². The van der Waals surface area contributed by atoms with Crippen LogP contribution >= 0.6 is 11.8 Å². The number of carbonyl (C=O) groups is 1. The lowest BCUT2D eigenvalue weighted by Gasteiger charge is -2.23. The fraction of sp³-hybridized carbons (Fsp3) is 0.533. The number of benzene rings is 1. The van der Waals surface area contributed by atoms with Gasteiger partial charge in [-0.25, -0.2) is 8.42 Å². The molecule has 0 aliphatic carbocycles. The van der Waals surface area contributed by atoms with Crippen molar-refractivity contribution in [2.75, 3.05) is 18.8 Å². The minimum Gasteiger partial charge on any atom is -0.366 e. The van der Waals surface area contributed by atoms with E-state index in [2.05, 4.69) is 6.92 Å². The molecule has 2 rings (SSSR count). The molecule has 2 N–H and O–H groups in total. The van der Waals surface area contributed by atoms with E-state index >= 15 is 0 Å². The van der Waals surface area contributed by atoms with E-state index in [1.54, 1.807) is 4.31 Å². The van der Waals surface area contributed by atoms with Crippen molar-refractivity contribution in [2.45, 2.75) is 36.3 Å². The van der Waals surface area contributed by atoms with Crippen LogP contribution in [0.3, 0.4) is 0 Å². The Kier molecular flexibility index (Phi) is 5.88. The number of amides is 1. The summed E-state index contributed by atoms with van der Waals surface area (Å²) in [6, 6.07) is 5.85. The molecule has 1 fully saturated rings. The number of hydrogen-bond donors (Lipinski definition) is 1. The predicted molar refractivity (Wildman–Crippen MR) is 89.5 cm³/mol. The zero-order valence-corrected chi connectivity index (χ0v) is 14.3. The molecule has 1 heterocycles. The number of thioether (sulfide) groups is 1. The van der Waals surface area contributed by atoms with E-state index in [-0.39, 0.29) is 4.90 Å². The highest BCUT2D eigenvalue weighted by atomic mass is 32.2. The van der Waals surface area contributed by atoms with Gasteiger partial charge in [0.05, 0.1) is 4.90 Å². The molecule has 0 spiro atoms. The van der Waals surface area contributed by atoms with Gasteiger partial charge in [0.1, 0.15) is 0 Å². The van der Waals surface area contributed by atoms with Crippen LogP contribution in [-0.4, -0.2) is 42.7 Å². The summed E-state index contributed by atoms with van der Waals surface area (Å²) in [5.74, 6) is 0.435. The maximum atomic E-state index is 12.8. The summed E-state index contributed by atoms with van der Waals surface area (Å²) in [5.41, 5.74) is 5.50. The van der Waals surface area contributed by atoms with Gasteiger partial charge in [-0.15, -0.1) is 0 Å². The lowest BCUT2D eigenvalue weighted by Crippen LogP contribution is -2.35. The summed E-state index contributed by atoms with van der Waals surface area (Å²) in [6.45, 7) is 3.20. The summed E-state index contributed by atoms with van der Waals surface area (Å²) in [6.07, 6.45) is 3.01. The highest BCUT2D eigenvalue weighted by Gasteiger charge is 2.28. The molecule has 122 valence electrons. The third-order valence-corrected chi connectivity index (χ3v) is 6.84. The Bertz CT molecular complexity index is 614. The van der Waals surface area contributed by atoms with Gasteiger partial charge >= 0.3 is 0 Å². The van der Waals surface area contributed by atoms with E-state index in [1.807, 2.05) is 11.8 Å². The molecule has 5 nitrogen and oxygen atoms in total. The topological polar surface area (TPSA) is 80.5 Å². The highest BCUT2D eigenvalue weighted by Crippen LogP contribution is 2.26. The predicted octanol–water partition coefficient (Wildman–Crippen LogP) is 2.08. The van der Waals surface area contributed by atoms with Crippen LogP contribution in [0.2, 0.25) is 0 Å². The van der Waals surface area contributed by atoms with Crippen LogP contribution in [0.1, 0.15) is 36.5 Å². The molecule has 0 aromatic heterocycles. The quantitative estimate of drug-likeness (QED) is 0.888. The van der Waals surface area contributed by atoms with Gasteiger partial charge in [-0.1, -0.05) is 13.3 Å². The van der Waals surface area contributed by atoms with Crippen LogP contribution in [0.15, 0.2) is 29.2 Å². The molecular weight excluding hydrogens is 320 g/mol. The van der Waals surface area contributed by atoms with Crippen molar-refractivity contribution in [2.24, 2.45) is 5.73 Å². The van der Waals surface area contributed by atoms with E-state index in [0.717, 1.165) is 25.0 Å². The van der Waals surface area contributed by atoms with Crippen molar-refractivity contribution < 1.29 is 13.2 Å². The first-order valence-corrected chi connectivity index (χ1v) is 9.95. The second-order valence-electron chi connectivity index (χ2n) is 5.32. The summed E-state index contributed by atoms with van der Waals surface area (Å²) in [5, 5.41) is 0.354. The molecule has 0 bridgehead atoms. The third kappa shape index (κ3) is 4.02. The van der Waals surface area contributed by atoms with E-state index in [4.69, 9.17) is 5.73 Å². The Labute approximate surface area is 136 Å². The van der Waals surface area contributed by atoms with Gasteiger partial charge in [0.2, 0.25) is 15.9 Å². The monoisotopic (exact) mass is 342 g/mol. The normalized spacial score (nSPS) is 20.5. The largest absolute Gasteiger partial charge is 0.366 e. The van der Waals surface area contributed by atoms with Crippen LogP contribution in [0.5, 0.6) is 0 Å². The van der Waals surface area contributed by atoms with Crippen LogP contribution in [0, 0.1) is 0 Å². The van der Waals surface area contributed by atoms with Crippen molar-refractivity contribution in [1.82, 2.24) is 4.31 Å². The van der Waals surface area contributed by atoms with Crippen LogP contribution in [0.25, 0.3) is 0 Å². The number of nitrogens with two attached hydrogens (primary N) is 1. The molecule has 1 aliphatic heterocycles. The molecule has 0 saturated carbocycles. The lowest BCUT2D eigenvalue weighted by molar-refractivity contribution is 0.1000. The van der Waals surface area contributed by atoms with Crippen molar-refractivity contribution in [3.63, 3.8) is 0 Å². The molecule has 0 radical (unpaired) electrons. The zero-order valence-electron chi connectivity index (χ0n) is 12.7. The molecular formula is C15H22N2O3S2. The Morgan fingerprint density at radius 3 is 2.59 bits per heavy atom. The number of sulfonamides is 1. The first kappa shape index (κ1) is 17.3. The first-order chi connectivity index (χ1) is 10.4. The summed E-state index contributed by atoms with van der Waals surface area (Å²) >= 11 is 1.82. The average molecular weight is 342 g/mol. The lowest BCUT2D eigenvalue weighted by atomic mass is 10.2. The Balaban J connectivity index is 2.22. The molecule has 1 aromatic carbocycles. The Morgan fingerprint density at radius 2 is 2.00 bits per heavy atom. The second-order valence-corrected chi connectivity index (χ2v) is 8.84. The van der Waals surface area contributed by atoms with Gasteiger partial charge in [0, 0.05) is 23.9 Å². The highest BCUT2D eigenvalue weighted by molar-refractivity contribution is 7.99. The van der Waals surface area contributed by atoms with Crippen molar-refractivity contribution in [3.05, 3.63) is 29.8 Å². The fourth-order valence-electron chi connectivity index (χ4n) is 2.60. The molecule has 1 amide bonds. The number of carbonyl (C=O) groups excluding carboxylic acids is 1. The first-order valence-electron chi connectivity index (χ1n) is 7.46. The van der Waals surface area contributed by atoms with Gasteiger partial charge in [0.15, 0.2) is 0 Å². The van der Waals surface area contributed by atoms with E-state index in [0.29, 0.717) is 23.9 Å². The third-order valence-electron chi connectivity index (χ3n) is 3.77. The van der Waals surface area contributed by atoms with Gasteiger partial charge in [-0.05, 0) is 42.9 Å². The maximum absolute atomic E-state index is 12.8. The Morgan fingerprint density at radius 1 is 1.32 bits per heavy atom. The molecule has 1 aliphatic rings. The maximum Gasteiger partial charge on any atom is 0.248 e. The summed E-state index contributed by atoms with van der Waals surface area (Å²) in [4.78, 5) is 11.3. The van der Waals surface area contributed by atoms with Gasteiger partial charge in [0.25, 0.3) is 0 Å². The van der Waals surface area contributed by atoms with E-state index in [9.17, 15) is 13.2 Å². The van der Waals surface area contributed by atoms with Gasteiger partial charge < -0.3 is 5.73 Å². The molecule has 7 heteroatoms. The number of nitrogens with zero attached hydrogens (tertiary/aromatic N) is 1. The van der Waals surface area contributed by atoms with Crippen molar-refractivity contribution in [3.8, 4) is 0 Å². The standard InChI is InChI=1S/C15H22N2O3S2/c1-2-21-13-5-3-4-10-17(11-13)22(19,20)14-8-6-12(7-9-14)15(16)18/h6-9,13H,2-5,10-11H2,1H3,(H2,16,18)/t13-/m0/s1. The minimum absolute atomic E-state index is 0.222. The number of primary amides is 1. The molecule has 22 heavy (non-hydrogen) atoms. The smallest absolute Gasteiger partial charge is 0.248 e. The Hall–Kier alpha value is -1.05. The van der Waals surface area contributed by atoms with Crippen molar-refractivity contribution >= 4 is 27.7 Å². The summed E-state index contributed by atoms with van der Waals surface area (Å²) < 4.78 is 27.1. The fourth-order valence-corrected chi connectivity index (χ4v) is 5.31. The SMILES string of the molecule is CCS[C@H]1CCCCN(S(=O)(=O)c2ccc(C(N)=O)cc2)C1. The molecule has 1 atom stereocenters. The van der Waals surface area contributed by atoms with Crippen LogP contribution in [-0.2, 0) is 10.0 Å². The number of rotatable bonds is 5. The van der Waals surface area contributed by atoms with E-state index < -0.39 is 15.9 Å².